The predicted octanol–water partition coefficient (Wildman–Crippen LogP) is -0.838. The Morgan fingerprint density at radius 2 is 1.46 bits per heavy atom. The maximum Gasteiger partial charge on any atom is 0.344 e. The van der Waals surface area contributed by atoms with Crippen LogP contribution in [0, 0.1) is 16.0 Å². The number of nitrogens with two attached hydrogens (primary N) is 4. The number of carbonyl (C=O) groups excluding carboxylic acids is 4. The molecule has 4 rings (SSSR count). The normalized spacial score (nSPS) is 34.3. The standard InChI is InChI=1S/C42H66N6O17/c1-36(2,3)62-30(51)24-16-23(17-43)60-31(25(24)44)61-29-28(50)42(63-32-26(49)27(47-11)39(10,55)20-59-32,35(54)58-18-21-12-14-22(15-13-21)48(56)57)41(46,34(53)65-38(7,8)9)19-40(29,45)33(52)64-37(4,5)6/h12-16,24-29,31-32,47,49-50,55H,17-20,43-46H2,1-11H3/t24?,25-,26-,27-,28+,29+,31-,32-,39+,40+,41+,42+/m1/s1. The first kappa shape index (κ1) is 53.2. The van der Waals surface area contributed by atoms with Gasteiger partial charge in [-0.1, -0.05) is 0 Å². The Labute approximate surface area is 376 Å². The van der Waals surface area contributed by atoms with Crippen molar-refractivity contribution >= 4 is 29.6 Å². The molecule has 2 fully saturated rings. The third kappa shape index (κ3) is 11.4. The van der Waals surface area contributed by atoms with Crippen molar-refractivity contribution in [2.24, 2.45) is 28.9 Å². The van der Waals surface area contributed by atoms with E-state index >= 15 is 4.79 Å². The molecule has 366 valence electrons. The van der Waals surface area contributed by atoms with Crippen LogP contribution in [0.15, 0.2) is 36.1 Å². The Kier molecular flexibility index (Phi) is 15.6. The van der Waals surface area contributed by atoms with E-state index in [1.165, 1.54) is 73.7 Å². The van der Waals surface area contributed by atoms with E-state index in [0.29, 0.717) is 0 Å². The fourth-order valence-electron chi connectivity index (χ4n) is 7.75. The summed E-state index contributed by atoms with van der Waals surface area (Å²) >= 11 is 0. The van der Waals surface area contributed by atoms with E-state index in [2.05, 4.69) is 5.32 Å². The number of nitro groups is 1. The second kappa shape index (κ2) is 19.1. The summed E-state index contributed by atoms with van der Waals surface area (Å²) in [6.07, 6.45) is -10.8. The number of benzene rings is 1. The highest BCUT2D eigenvalue weighted by molar-refractivity contribution is 5.97. The first-order valence-electron chi connectivity index (χ1n) is 20.9. The Hall–Kier alpha value is -4.40. The van der Waals surface area contributed by atoms with Crippen molar-refractivity contribution in [1.82, 2.24) is 5.32 Å². The van der Waals surface area contributed by atoms with Crippen LogP contribution in [0.3, 0.4) is 0 Å². The average molecular weight is 927 g/mol. The third-order valence-electron chi connectivity index (χ3n) is 10.8. The van der Waals surface area contributed by atoms with Crippen LogP contribution in [0.1, 0.15) is 81.2 Å². The van der Waals surface area contributed by atoms with Crippen molar-refractivity contribution in [2.75, 3.05) is 20.2 Å². The fraction of sp³-hybridized carbons (Fsp3) is 0.714. The molecular weight excluding hydrogens is 860 g/mol. The minimum Gasteiger partial charge on any atom is -0.466 e. The Morgan fingerprint density at radius 3 is 1.97 bits per heavy atom. The molecule has 0 radical (unpaired) electrons. The van der Waals surface area contributed by atoms with E-state index in [1.54, 1.807) is 20.8 Å². The summed E-state index contributed by atoms with van der Waals surface area (Å²) in [6, 6.07) is 2.02. The molecule has 0 bridgehead atoms. The molecule has 1 unspecified atom stereocenters. The lowest BCUT2D eigenvalue weighted by Gasteiger charge is -2.58. The molecule has 0 amide bonds. The second-order valence-electron chi connectivity index (χ2n) is 19.8. The highest BCUT2D eigenvalue weighted by Gasteiger charge is 2.78. The number of rotatable bonds is 13. The molecule has 0 aromatic heterocycles. The van der Waals surface area contributed by atoms with E-state index in [0.717, 1.165) is 12.1 Å². The van der Waals surface area contributed by atoms with Crippen molar-refractivity contribution in [3.63, 3.8) is 0 Å². The zero-order chi connectivity index (χ0) is 49.5. The number of aliphatic hydroxyl groups is 3. The molecule has 12 atom stereocenters. The van der Waals surface area contributed by atoms with Gasteiger partial charge in [0.25, 0.3) is 5.69 Å². The number of esters is 4. The number of nitrogens with zero attached hydrogens (tertiary/aromatic N) is 1. The van der Waals surface area contributed by atoms with Crippen molar-refractivity contribution < 1.29 is 77.3 Å². The molecule has 1 aromatic carbocycles. The van der Waals surface area contributed by atoms with Gasteiger partial charge in [0.1, 0.15) is 58.6 Å². The number of nitrogens with one attached hydrogen (secondary N) is 1. The van der Waals surface area contributed by atoms with Crippen LogP contribution < -0.4 is 28.3 Å². The first-order chi connectivity index (χ1) is 29.7. The van der Waals surface area contributed by atoms with Crippen LogP contribution in [0.5, 0.6) is 0 Å². The van der Waals surface area contributed by atoms with Crippen LogP contribution in [0.4, 0.5) is 5.69 Å². The lowest BCUT2D eigenvalue weighted by Crippen LogP contribution is -2.88. The van der Waals surface area contributed by atoms with Gasteiger partial charge in [-0.2, -0.15) is 0 Å². The van der Waals surface area contributed by atoms with Gasteiger partial charge < -0.3 is 81.5 Å². The van der Waals surface area contributed by atoms with Crippen molar-refractivity contribution in [3.8, 4) is 0 Å². The van der Waals surface area contributed by atoms with Gasteiger partial charge in [-0.05, 0) is 100 Å². The van der Waals surface area contributed by atoms with Crippen molar-refractivity contribution in [3.05, 3.63) is 51.8 Å². The predicted molar refractivity (Wildman–Crippen MR) is 226 cm³/mol. The number of hydrogen-bond donors (Lipinski definition) is 8. The molecule has 0 spiro atoms. The number of non-ortho nitro benzene ring substituents is 1. The van der Waals surface area contributed by atoms with E-state index in [9.17, 15) is 39.8 Å². The van der Waals surface area contributed by atoms with E-state index < -0.39 is 136 Å². The smallest absolute Gasteiger partial charge is 0.344 e. The Balaban J connectivity index is 2.03. The summed E-state index contributed by atoms with van der Waals surface area (Å²) in [5.41, 5.74) is 11.9. The lowest BCUT2D eigenvalue weighted by molar-refractivity contribution is -0.384. The molecule has 65 heavy (non-hydrogen) atoms. The van der Waals surface area contributed by atoms with Gasteiger partial charge in [-0.15, -0.1) is 0 Å². The summed E-state index contributed by atoms with van der Waals surface area (Å²) < 4.78 is 47.3. The largest absolute Gasteiger partial charge is 0.466 e. The van der Waals surface area contributed by atoms with Crippen LogP contribution >= 0.6 is 0 Å². The topological polar surface area (TPSA) is 362 Å². The van der Waals surface area contributed by atoms with Gasteiger partial charge in [0.2, 0.25) is 11.9 Å². The average Bonchev–Trinajstić information content (AvgIpc) is 3.16. The summed E-state index contributed by atoms with van der Waals surface area (Å²) in [4.78, 5) is 69.0. The number of nitro benzene ring substituents is 1. The zero-order valence-corrected chi connectivity index (χ0v) is 38.6. The monoisotopic (exact) mass is 926 g/mol. The molecule has 3 aliphatic rings. The number of likely N-dealkylation sites (N-methyl/N-ethyl adjacent to an activating group) is 1. The Bertz CT molecular complexity index is 1960. The first-order valence-corrected chi connectivity index (χ1v) is 20.9. The minimum absolute atomic E-state index is 0.0476. The van der Waals surface area contributed by atoms with Crippen LogP contribution in [0.25, 0.3) is 0 Å². The summed E-state index contributed by atoms with van der Waals surface area (Å²) in [7, 11) is 1.40. The van der Waals surface area contributed by atoms with Crippen LogP contribution in [-0.2, 0) is 63.7 Å². The van der Waals surface area contributed by atoms with Gasteiger partial charge in [0, 0.05) is 18.6 Å². The van der Waals surface area contributed by atoms with Gasteiger partial charge in [-0.3, -0.25) is 14.9 Å². The maximum absolute atomic E-state index is 15.2. The minimum atomic E-state index is -3.39. The molecule has 23 nitrogen and oxygen atoms in total. The molecule has 1 saturated carbocycles. The highest BCUT2D eigenvalue weighted by atomic mass is 16.7. The quantitative estimate of drug-likeness (QED) is 0.0517. The lowest BCUT2D eigenvalue weighted by atomic mass is 9.59. The Morgan fingerprint density at radius 1 is 0.908 bits per heavy atom. The van der Waals surface area contributed by atoms with E-state index in [1.807, 2.05) is 0 Å². The van der Waals surface area contributed by atoms with Gasteiger partial charge >= 0.3 is 23.9 Å². The molecular formula is C42H66N6O17. The molecule has 1 aliphatic carbocycles. The molecule has 12 N–H and O–H groups in total. The van der Waals surface area contributed by atoms with Crippen LogP contribution in [-0.4, -0.2) is 146 Å². The molecule has 2 heterocycles. The number of aliphatic hydroxyl groups excluding tert-OH is 2. The fourth-order valence-corrected chi connectivity index (χ4v) is 7.75. The maximum atomic E-state index is 15.2. The number of carbonyl (C=O) groups is 4. The molecule has 1 saturated heterocycles. The SMILES string of the molecule is CN[C@@H]1[C@@H](O)[C@@H](O[C@]2(C(=O)OCc3ccc([N+](=O)[O-])cc3)[C@@H](O)[C@H](O[C@H]3OC(CN)=CC(C(=O)OC(C)(C)C)[C@H]3N)[C@](N)(C(=O)OC(C)(C)C)C[C@]2(N)C(=O)OC(C)(C)C)OC[C@]1(C)O. The summed E-state index contributed by atoms with van der Waals surface area (Å²) in [5.74, 6) is -6.66. The number of hydrogen-bond acceptors (Lipinski definition) is 22. The highest BCUT2D eigenvalue weighted by Crippen LogP contribution is 2.49. The molecule has 23 heteroatoms. The molecule has 2 aliphatic heterocycles. The second-order valence-corrected chi connectivity index (χ2v) is 19.8. The summed E-state index contributed by atoms with van der Waals surface area (Å²) in [6.45, 7) is 13.5. The number of ether oxygens (including phenoxy) is 8. The van der Waals surface area contributed by atoms with Gasteiger partial charge in [-0.25, -0.2) is 14.4 Å². The van der Waals surface area contributed by atoms with E-state index in [-0.39, 0.29) is 23.6 Å². The molecule has 1 aromatic rings. The van der Waals surface area contributed by atoms with Gasteiger partial charge in [0.15, 0.2) is 11.8 Å². The summed E-state index contributed by atoms with van der Waals surface area (Å²) in [5, 5.41) is 50.0. The van der Waals surface area contributed by atoms with Crippen LogP contribution in [0.2, 0.25) is 0 Å². The third-order valence-corrected chi connectivity index (χ3v) is 10.8. The van der Waals surface area contributed by atoms with E-state index in [4.69, 9.17) is 60.8 Å². The van der Waals surface area contributed by atoms with Crippen molar-refractivity contribution in [2.45, 2.75) is 164 Å². The zero-order valence-electron chi connectivity index (χ0n) is 38.6. The van der Waals surface area contributed by atoms with Gasteiger partial charge in [0.05, 0.1) is 36.1 Å². The van der Waals surface area contributed by atoms with Crippen molar-refractivity contribution in [1.29, 1.82) is 0 Å².